The fourth-order valence-electron chi connectivity index (χ4n) is 2.19. The number of nitro groups is 1. The van der Waals surface area contributed by atoms with Gasteiger partial charge in [0.1, 0.15) is 5.52 Å². The second kappa shape index (κ2) is 5.89. The Hall–Kier alpha value is -2.44. The second-order valence-corrected chi connectivity index (χ2v) is 7.38. The highest BCUT2D eigenvalue weighted by molar-refractivity contribution is 7.85. The number of nitrogens with zero attached hydrogens (tertiary/aromatic N) is 5. The first-order valence-corrected chi connectivity index (χ1v) is 9.01. The maximum Gasteiger partial charge on any atom is 0.371 e. The van der Waals surface area contributed by atoms with Crippen LogP contribution in [0.4, 0.5) is 10.7 Å². The molecule has 0 saturated heterocycles. The minimum Gasteiger partial charge on any atom is -0.373 e. The van der Waals surface area contributed by atoms with Gasteiger partial charge in [0.2, 0.25) is 5.52 Å². The molecule has 0 aliphatic carbocycles. The van der Waals surface area contributed by atoms with Crippen LogP contribution in [0.25, 0.3) is 21.9 Å². The van der Waals surface area contributed by atoms with Crippen molar-refractivity contribution in [3.05, 3.63) is 28.3 Å². The minimum absolute atomic E-state index is 0.0865. The summed E-state index contributed by atoms with van der Waals surface area (Å²) in [6, 6.07) is 5.10. The molecule has 12 heteroatoms. The van der Waals surface area contributed by atoms with E-state index in [0.29, 0.717) is 22.1 Å². The molecule has 0 unspecified atom stereocenters. The predicted octanol–water partition coefficient (Wildman–Crippen LogP) is 1.47. The molecule has 10 nitrogen and oxygen atoms in total. The van der Waals surface area contributed by atoms with Gasteiger partial charge in [0, 0.05) is 36.2 Å². The lowest BCUT2D eigenvalue weighted by atomic mass is 10.1. The van der Waals surface area contributed by atoms with Gasteiger partial charge >= 0.3 is 5.00 Å². The van der Waals surface area contributed by atoms with Crippen molar-refractivity contribution in [1.82, 2.24) is 14.6 Å². The topological polar surface area (TPSA) is 139 Å². The summed E-state index contributed by atoms with van der Waals surface area (Å²) >= 11 is 0.736. The molecule has 126 valence electrons. The van der Waals surface area contributed by atoms with Gasteiger partial charge in [-0.3, -0.25) is 14.7 Å². The van der Waals surface area contributed by atoms with Crippen LogP contribution in [0.15, 0.2) is 18.2 Å². The fraction of sp³-hybridized carbons (Fsp3) is 0.250. The number of fused-ring (bicyclic) bond motifs is 3. The summed E-state index contributed by atoms with van der Waals surface area (Å²) in [7, 11) is -2.39. The Labute approximate surface area is 139 Å². The Balaban J connectivity index is 2.06. The zero-order chi connectivity index (χ0) is 17.5. The van der Waals surface area contributed by atoms with Crippen LogP contribution in [0, 0.1) is 10.1 Å². The van der Waals surface area contributed by atoms with Crippen LogP contribution in [0.2, 0.25) is 0 Å². The van der Waals surface area contributed by atoms with E-state index in [0.717, 1.165) is 11.5 Å². The van der Waals surface area contributed by atoms with Crippen molar-refractivity contribution in [1.29, 1.82) is 0 Å². The molecule has 0 aliphatic heterocycles. The van der Waals surface area contributed by atoms with Crippen LogP contribution in [-0.4, -0.2) is 51.8 Å². The molecule has 0 atom stereocenters. The van der Waals surface area contributed by atoms with Gasteiger partial charge in [-0.2, -0.15) is 12.8 Å². The Morgan fingerprint density at radius 3 is 2.75 bits per heavy atom. The first kappa shape index (κ1) is 16.4. The lowest BCUT2D eigenvalue weighted by Gasteiger charge is -2.18. The molecule has 3 rings (SSSR count). The molecular formula is C12H11N5O5S2. The monoisotopic (exact) mass is 369 g/mol. The lowest BCUT2D eigenvalue weighted by Crippen LogP contribution is -2.24. The molecule has 2 aromatic heterocycles. The van der Waals surface area contributed by atoms with Crippen molar-refractivity contribution in [2.24, 2.45) is 0 Å². The fourth-order valence-corrected chi connectivity index (χ4v) is 3.34. The molecule has 1 N–H and O–H groups in total. The molecule has 0 aliphatic rings. The van der Waals surface area contributed by atoms with Gasteiger partial charge in [-0.1, -0.05) is 0 Å². The third-order valence-electron chi connectivity index (χ3n) is 3.43. The van der Waals surface area contributed by atoms with Crippen molar-refractivity contribution in [3.8, 4) is 0 Å². The number of aromatic nitrogens is 3. The molecule has 3 aromatic rings. The zero-order valence-corrected chi connectivity index (χ0v) is 13.9. The Morgan fingerprint density at radius 1 is 1.33 bits per heavy atom. The normalized spacial score (nSPS) is 11.9. The molecule has 0 spiro atoms. The number of rotatable bonds is 5. The predicted molar refractivity (Wildman–Crippen MR) is 89.1 cm³/mol. The summed E-state index contributed by atoms with van der Waals surface area (Å²) < 4.78 is 34.7. The molecule has 0 radical (unpaired) electrons. The third-order valence-corrected chi connectivity index (χ3v) is 4.92. The first-order chi connectivity index (χ1) is 11.3. The number of anilines is 1. The maximum atomic E-state index is 11.0. The van der Waals surface area contributed by atoms with Crippen LogP contribution >= 0.6 is 11.5 Å². The Bertz CT molecular complexity index is 1050. The molecule has 1 aromatic carbocycles. The van der Waals surface area contributed by atoms with Gasteiger partial charge in [0.15, 0.2) is 0 Å². The Kier molecular flexibility index (Phi) is 4.03. The van der Waals surface area contributed by atoms with E-state index in [2.05, 4.69) is 14.6 Å². The molecule has 0 amide bonds. The molecule has 2 heterocycles. The summed E-state index contributed by atoms with van der Waals surface area (Å²) in [6.45, 7) is 0.0865. The molecule has 0 fully saturated rings. The summed E-state index contributed by atoms with van der Waals surface area (Å²) in [5.74, 6) is -0.409. The molecule has 24 heavy (non-hydrogen) atoms. The van der Waals surface area contributed by atoms with E-state index >= 15 is 0 Å². The number of benzene rings is 1. The van der Waals surface area contributed by atoms with Crippen molar-refractivity contribution in [2.75, 3.05) is 24.2 Å². The van der Waals surface area contributed by atoms with Gasteiger partial charge in [0.05, 0.1) is 16.2 Å². The highest BCUT2D eigenvalue weighted by atomic mass is 32.2. The van der Waals surface area contributed by atoms with Crippen LogP contribution in [0.3, 0.4) is 0 Å². The van der Waals surface area contributed by atoms with Gasteiger partial charge < -0.3 is 4.90 Å². The van der Waals surface area contributed by atoms with E-state index in [1.807, 2.05) is 0 Å². The van der Waals surface area contributed by atoms with E-state index in [-0.39, 0.29) is 17.1 Å². The van der Waals surface area contributed by atoms with E-state index in [4.69, 9.17) is 4.55 Å². The van der Waals surface area contributed by atoms with Crippen molar-refractivity contribution >= 4 is 54.3 Å². The summed E-state index contributed by atoms with van der Waals surface area (Å²) in [5, 5.41) is 19.2. The molecule has 0 bridgehead atoms. The number of hydrogen-bond acceptors (Lipinski definition) is 9. The summed E-state index contributed by atoms with van der Waals surface area (Å²) in [6.07, 6.45) is 0. The number of hydrogen-bond donors (Lipinski definition) is 1. The van der Waals surface area contributed by atoms with Crippen LogP contribution in [0.5, 0.6) is 0 Å². The van der Waals surface area contributed by atoms with Crippen molar-refractivity contribution in [2.45, 2.75) is 0 Å². The average molecular weight is 369 g/mol. The van der Waals surface area contributed by atoms with Gasteiger partial charge in [-0.05, 0) is 18.2 Å². The highest BCUT2D eigenvalue weighted by Gasteiger charge is 2.21. The smallest absolute Gasteiger partial charge is 0.371 e. The van der Waals surface area contributed by atoms with Gasteiger partial charge in [0.25, 0.3) is 10.1 Å². The van der Waals surface area contributed by atoms with E-state index in [9.17, 15) is 18.5 Å². The van der Waals surface area contributed by atoms with Crippen molar-refractivity contribution < 1.29 is 17.9 Å². The quantitative estimate of drug-likeness (QED) is 0.402. The highest BCUT2D eigenvalue weighted by Crippen LogP contribution is 2.32. The van der Waals surface area contributed by atoms with Crippen LogP contribution in [-0.2, 0) is 10.1 Å². The first-order valence-electron chi connectivity index (χ1n) is 6.63. The summed E-state index contributed by atoms with van der Waals surface area (Å²) in [5.41, 5.74) is 1.68. The van der Waals surface area contributed by atoms with Gasteiger partial charge in [-0.15, -0.1) is 10.2 Å². The van der Waals surface area contributed by atoms with E-state index < -0.39 is 20.8 Å². The SMILES string of the molecule is CN(CCS(=O)(=O)O)c1ccc2nnc3c([N+](=O)[O-])snc3c2c1. The second-order valence-electron chi connectivity index (χ2n) is 5.05. The maximum absolute atomic E-state index is 11.0. The van der Waals surface area contributed by atoms with Gasteiger partial charge in [-0.25, -0.2) is 0 Å². The Morgan fingerprint density at radius 2 is 2.08 bits per heavy atom. The molecule has 0 saturated carbocycles. The van der Waals surface area contributed by atoms with Crippen LogP contribution < -0.4 is 4.90 Å². The van der Waals surface area contributed by atoms with Crippen molar-refractivity contribution in [3.63, 3.8) is 0 Å². The third kappa shape index (κ3) is 3.11. The lowest BCUT2D eigenvalue weighted by molar-refractivity contribution is -0.378. The largest absolute Gasteiger partial charge is 0.373 e. The van der Waals surface area contributed by atoms with Crippen LogP contribution in [0.1, 0.15) is 0 Å². The summed E-state index contributed by atoms with van der Waals surface area (Å²) in [4.78, 5) is 12.1. The average Bonchev–Trinajstić information content (AvgIpc) is 2.96. The van der Waals surface area contributed by atoms with E-state index in [1.54, 1.807) is 30.1 Å². The zero-order valence-electron chi connectivity index (χ0n) is 12.3. The molecular weight excluding hydrogens is 358 g/mol. The van der Waals surface area contributed by atoms with E-state index in [1.165, 1.54) is 0 Å². The minimum atomic E-state index is -4.06. The standard InChI is InChI=1S/C12H11N5O5S2/c1-16(4-5-24(20,21)22)7-2-3-9-8(6-7)10-11(14-13-9)12(17(18)19)23-15-10/h2-3,6H,4-5H2,1H3,(H,20,21,22).